The van der Waals surface area contributed by atoms with Crippen molar-refractivity contribution in [1.29, 1.82) is 0 Å². The van der Waals surface area contributed by atoms with E-state index < -0.39 is 0 Å². The number of hydrogen-bond acceptors (Lipinski definition) is 5. The Morgan fingerprint density at radius 3 is 2.80 bits per heavy atom. The highest BCUT2D eigenvalue weighted by Crippen LogP contribution is 2.38. The molecule has 3 heterocycles. The van der Waals surface area contributed by atoms with Crippen LogP contribution in [0.25, 0.3) is 0 Å². The second-order valence-electron chi connectivity index (χ2n) is 7.81. The number of pyridine rings is 1. The van der Waals surface area contributed by atoms with E-state index in [1.165, 1.54) is 0 Å². The molecule has 138 valence electrons. The average Bonchev–Trinajstić information content (AvgIpc) is 3.12. The number of rotatable bonds is 6. The SMILES string of the molecule is CC(C)N1[C@@H]2CN(c3ccccn3)C[C@@H]2C[C@H]1C(=O)NCCN(C)C. The van der Waals surface area contributed by atoms with E-state index in [1.807, 2.05) is 32.4 Å². The summed E-state index contributed by atoms with van der Waals surface area (Å²) in [5.74, 6) is 1.77. The van der Waals surface area contributed by atoms with Crippen LogP contribution in [0, 0.1) is 5.92 Å². The van der Waals surface area contributed by atoms with Crippen molar-refractivity contribution in [1.82, 2.24) is 20.1 Å². The quantitative estimate of drug-likeness (QED) is 0.835. The van der Waals surface area contributed by atoms with Crippen LogP contribution in [0.3, 0.4) is 0 Å². The summed E-state index contributed by atoms with van der Waals surface area (Å²) in [6.45, 7) is 7.94. The number of nitrogens with one attached hydrogen (secondary N) is 1. The molecule has 6 heteroatoms. The van der Waals surface area contributed by atoms with E-state index in [0.29, 0.717) is 24.5 Å². The summed E-state index contributed by atoms with van der Waals surface area (Å²) in [4.78, 5) is 24.1. The Morgan fingerprint density at radius 2 is 2.16 bits per heavy atom. The fourth-order valence-corrected chi connectivity index (χ4v) is 4.30. The highest BCUT2D eigenvalue weighted by molar-refractivity contribution is 5.82. The number of aromatic nitrogens is 1. The third-order valence-corrected chi connectivity index (χ3v) is 5.41. The van der Waals surface area contributed by atoms with Crippen LogP contribution in [0.15, 0.2) is 24.4 Å². The van der Waals surface area contributed by atoms with Gasteiger partial charge < -0.3 is 15.1 Å². The molecule has 1 N–H and O–H groups in total. The average molecular weight is 345 g/mol. The number of hydrogen-bond donors (Lipinski definition) is 1. The molecule has 2 saturated heterocycles. The van der Waals surface area contributed by atoms with E-state index in [2.05, 4.69) is 44.9 Å². The van der Waals surface area contributed by atoms with Gasteiger partial charge in [0.1, 0.15) is 5.82 Å². The third-order valence-electron chi connectivity index (χ3n) is 5.41. The molecule has 6 nitrogen and oxygen atoms in total. The van der Waals surface area contributed by atoms with Crippen LogP contribution in [0.5, 0.6) is 0 Å². The van der Waals surface area contributed by atoms with Crippen molar-refractivity contribution in [3.05, 3.63) is 24.4 Å². The Morgan fingerprint density at radius 1 is 1.36 bits per heavy atom. The number of fused-ring (bicyclic) bond motifs is 1. The first-order chi connectivity index (χ1) is 12.0. The molecule has 3 atom stereocenters. The lowest BCUT2D eigenvalue weighted by atomic mass is 10.0. The highest BCUT2D eigenvalue weighted by Gasteiger charge is 2.49. The van der Waals surface area contributed by atoms with Gasteiger partial charge in [0.05, 0.1) is 6.04 Å². The lowest BCUT2D eigenvalue weighted by Crippen LogP contribution is -2.51. The molecule has 25 heavy (non-hydrogen) atoms. The monoisotopic (exact) mass is 345 g/mol. The van der Waals surface area contributed by atoms with Crippen molar-refractivity contribution in [3.8, 4) is 0 Å². The van der Waals surface area contributed by atoms with E-state index in [0.717, 1.165) is 31.9 Å². The van der Waals surface area contributed by atoms with Crippen LogP contribution in [0.2, 0.25) is 0 Å². The lowest BCUT2D eigenvalue weighted by Gasteiger charge is -2.33. The first kappa shape index (κ1) is 18.1. The minimum Gasteiger partial charge on any atom is -0.355 e. The molecule has 0 aliphatic carbocycles. The van der Waals surface area contributed by atoms with Gasteiger partial charge in [-0.05, 0) is 52.4 Å². The van der Waals surface area contributed by atoms with Gasteiger partial charge in [-0.1, -0.05) is 6.07 Å². The van der Waals surface area contributed by atoms with Gasteiger partial charge in [0.25, 0.3) is 0 Å². The smallest absolute Gasteiger partial charge is 0.237 e. The number of carbonyl (C=O) groups excluding carboxylic acids is 1. The van der Waals surface area contributed by atoms with Gasteiger partial charge in [-0.2, -0.15) is 0 Å². The molecule has 2 aliphatic rings. The first-order valence-electron chi connectivity index (χ1n) is 9.33. The molecule has 1 amide bonds. The molecule has 0 saturated carbocycles. The van der Waals surface area contributed by atoms with Gasteiger partial charge in [-0.25, -0.2) is 4.98 Å². The highest BCUT2D eigenvalue weighted by atomic mass is 16.2. The number of anilines is 1. The number of nitrogens with zero attached hydrogens (tertiary/aromatic N) is 4. The molecule has 3 rings (SSSR count). The van der Waals surface area contributed by atoms with Crippen molar-refractivity contribution in [2.45, 2.75) is 38.4 Å². The second-order valence-corrected chi connectivity index (χ2v) is 7.81. The topological polar surface area (TPSA) is 51.7 Å². The fraction of sp³-hybridized carbons (Fsp3) is 0.684. The predicted molar refractivity (Wildman–Crippen MR) is 101 cm³/mol. The molecular weight excluding hydrogens is 314 g/mol. The summed E-state index contributed by atoms with van der Waals surface area (Å²) in [5, 5.41) is 3.12. The molecule has 0 unspecified atom stereocenters. The standard InChI is InChI=1S/C19H31N5O/c1-14(2)24-16(19(25)21-9-10-22(3)4)11-15-12-23(13-17(15)24)18-7-5-6-8-20-18/h5-8,14-17H,9-13H2,1-4H3,(H,21,25)/t15-,16-,17+/m0/s1. The Labute approximate surface area is 151 Å². The number of likely N-dealkylation sites (N-methyl/N-ethyl adjacent to an activating group) is 1. The summed E-state index contributed by atoms with van der Waals surface area (Å²) in [6.07, 6.45) is 2.80. The van der Waals surface area contributed by atoms with Crippen molar-refractivity contribution in [3.63, 3.8) is 0 Å². The van der Waals surface area contributed by atoms with Crippen LogP contribution in [-0.2, 0) is 4.79 Å². The Hall–Kier alpha value is -1.66. The van der Waals surface area contributed by atoms with Crippen molar-refractivity contribution in [2.75, 3.05) is 45.2 Å². The van der Waals surface area contributed by atoms with Crippen molar-refractivity contribution < 1.29 is 4.79 Å². The van der Waals surface area contributed by atoms with Crippen LogP contribution in [0.1, 0.15) is 20.3 Å². The third kappa shape index (κ3) is 3.96. The summed E-state index contributed by atoms with van der Waals surface area (Å²) >= 11 is 0. The van der Waals surface area contributed by atoms with E-state index in [4.69, 9.17) is 0 Å². The summed E-state index contributed by atoms with van der Waals surface area (Å²) < 4.78 is 0. The predicted octanol–water partition coefficient (Wildman–Crippen LogP) is 1.05. The molecular formula is C19H31N5O. The number of likely N-dealkylation sites (tertiary alicyclic amines) is 1. The van der Waals surface area contributed by atoms with Gasteiger partial charge in [-0.3, -0.25) is 9.69 Å². The van der Waals surface area contributed by atoms with E-state index in [9.17, 15) is 4.79 Å². The second kappa shape index (κ2) is 7.70. The Bertz CT molecular complexity index is 576. The molecule has 1 aromatic rings. The van der Waals surface area contributed by atoms with Crippen LogP contribution < -0.4 is 10.2 Å². The lowest BCUT2D eigenvalue weighted by molar-refractivity contribution is -0.126. The molecule has 2 aliphatic heterocycles. The molecule has 0 bridgehead atoms. The molecule has 0 aromatic carbocycles. The molecule has 2 fully saturated rings. The molecule has 0 spiro atoms. The maximum atomic E-state index is 12.7. The van der Waals surface area contributed by atoms with Crippen molar-refractivity contribution in [2.24, 2.45) is 5.92 Å². The fourth-order valence-electron chi connectivity index (χ4n) is 4.30. The summed E-state index contributed by atoms with van der Waals surface area (Å²) in [6, 6.07) is 6.87. The van der Waals surface area contributed by atoms with Gasteiger partial charge in [0, 0.05) is 44.5 Å². The molecule has 0 radical (unpaired) electrons. The van der Waals surface area contributed by atoms with Gasteiger partial charge in [0.15, 0.2) is 0 Å². The van der Waals surface area contributed by atoms with Crippen LogP contribution in [-0.4, -0.2) is 79.1 Å². The van der Waals surface area contributed by atoms with Crippen LogP contribution in [0.4, 0.5) is 5.82 Å². The number of carbonyl (C=O) groups is 1. The molecule has 1 aromatic heterocycles. The Kier molecular flexibility index (Phi) is 5.59. The maximum Gasteiger partial charge on any atom is 0.237 e. The minimum atomic E-state index is 0.00282. The number of amides is 1. The van der Waals surface area contributed by atoms with Crippen LogP contribution >= 0.6 is 0 Å². The van der Waals surface area contributed by atoms with E-state index >= 15 is 0 Å². The van der Waals surface area contributed by atoms with Crippen molar-refractivity contribution >= 4 is 11.7 Å². The maximum absolute atomic E-state index is 12.7. The minimum absolute atomic E-state index is 0.00282. The van der Waals surface area contributed by atoms with Gasteiger partial charge >= 0.3 is 0 Å². The zero-order valence-corrected chi connectivity index (χ0v) is 15.9. The van der Waals surface area contributed by atoms with Gasteiger partial charge in [-0.15, -0.1) is 0 Å². The van der Waals surface area contributed by atoms with E-state index in [1.54, 1.807) is 0 Å². The zero-order chi connectivity index (χ0) is 18.0. The van der Waals surface area contributed by atoms with E-state index in [-0.39, 0.29) is 11.9 Å². The summed E-state index contributed by atoms with van der Waals surface area (Å²) in [5.41, 5.74) is 0. The van der Waals surface area contributed by atoms with Gasteiger partial charge in [0.2, 0.25) is 5.91 Å². The Balaban J connectivity index is 1.65. The normalized spacial score (nSPS) is 26.5. The summed E-state index contributed by atoms with van der Waals surface area (Å²) in [7, 11) is 4.05. The largest absolute Gasteiger partial charge is 0.355 e. The zero-order valence-electron chi connectivity index (χ0n) is 15.9. The first-order valence-corrected chi connectivity index (χ1v) is 9.33.